The zero-order chi connectivity index (χ0) is 27.1. The molecule has 0 spiro atoms. The second-order valence-electron chi connectivity index (χ2n) is 8.24. The summed E-state index contributed by atoms with van der Waals surface area (Å²) in [6.07, 6.45) is 6.51. The molecule has 0 radical (unpaired) electrons. The maximum atomic E-state index is 14.2. The van der Waals surface area contributed by atoms with E-state index in [0.717, 1.165) is 18.2 Å². The lowest BCUT2D eigenvalue weighted by Gasteiger charge is -2.08. The molecule has 38 heavy (non-hydrogen) atoms. The van der Waals surface area contributed by atoms with Crippen LogP contribution in [0.3, 0.4) is 0 Å². The summed E-state index contributed by atoms with van der Waals surface area (Å²) in [5.41, 5.74) is 0.0888. The molecule has 0 aliphatic rings. The first-order valence-corrected chi connectivity index (χ1v) is 12.4. The Hall–Kier alpha value is -4.25. The lowest BCUT2D eigenvalue weighted by molar-refractivity contribution is -0.116. The average molecular weight is 542 g/mol. The monoisotopic (exact) mass is 541 g/mol. The Bertz CT molecular complexity index is 1570. The van der Waals surface area contributed by atoms with E-state index in [9.17, 15) is 27.6 Å². The standard InChI is InChI=1S/C27H22F3N3O4S/c28-18-9-8-17(20(30)12-18)16-37-23-14-19(29)13-22-26(23)38-25(32-22)15-33-10-5-6-21(27(33)36)31-24(35)7-3-1-2-4-11-34/h2,4-6,8-14H,1,3,7,15-16H2,(H,31,35)/b4-2+. The van der Waals surface area contributed by atoms with Crippen LogP contribution in [0.2, 0.25) is 0 Å². The van der Waals surface area contributed by atoms with Crippen LogP contribution >= 0.6 is 11.3 Å². The first-order valence-electron chi connectivity index (χ1n) is 11.6. The first kappa shape index (κ1) is 26.8. The van der Waals surface area contributed by atoms with Crippen LogP contribution in [0.1, 0.15) is 29.8 Å². The fourth-order valence-electron chi connectivity index (χ4n) is 3.63. The Labute approximate surface area is 219 Å². The van der Waals surface area contributed by atoms with E-state index in [0.29, 0.717) is 34.4 Å². The molecule has 0 unspecified atom stereocenters. The van der Waals surface area contributed by atoms with E-state index in [1.54, 1.807) is 18.3 Å². The number of nitrogens with zero attached hydrogens (tertiary/aromatic N) is 2. The number of benzene rings is 2. The maximum absolute atomic E-state index is 14.2. The number of anilines is 1. The number of nitrogens with one attached hydrogen (secondary N) is 1. The van der Waals surface area contributed by atoms with Crippen molar-refractivity contribution >= 4 is 39.4 Å². The Morgan fingerprint density at radius 3 is 2.76 bits per heavy atom. The van der Waals surface area contributed by atoms with Gasteiger partial charge < -0.3 is 14.6 Å². The Balaban J connectivity index is 1.48. The molecule has 11 heteroatoms. The van der Waals surface area contributed by atoms with Crippen molar-refractivity contribution in [1.29, 1.82) is 0 Å². The number of halogens is 3. The number of carbonyl (C=O) groups excluding carboxylic acids is 2. The number of allylic oxidation sites excluding steroid dienone is 2. The van der Waals surface area contributed by atoms with Gasteiger partial charge in [0.15, 0.2) is 0 Å². The summed E-state index contributed by atoms with van der Waals surface area (Å²) in [6.45, 7) is -0.182. The normalized spacial score (nSPS) is 11.2. The summed E-state index contributed by atoms with van der Waals surface area (Å²) >= 11 is 1.18. The minimum atomic E-state index is -0.774. The van der Waals surface area contributed by atoms with Gasteiger partial charge in [-0.3, -0.25) is 14.4 Å². The van der Waals surface area contributed by atoms with E-state index in [4.69, 9.17) is 4.74 Å². The lowest BCUT2D eigenvalue weighted by Crippen LogP contribution is -2.25. The number of unbranched alkanes of at least 4 members (excludes halogenated alkanes) is 1. The van der Waals surface area contributed by atoms with Crippen LogP contribution in [0.25, 0.3) is 10.2 Å². The molecule has 4 aromatic rings. The van der Waals surface area contributed by atoms with E-state index in [1.807, 2.05) is 0 Å². The van der Waals surface area contributed by atoms with Crippen LogP contribution in [0.4, 0.5) is 18.9 Å². The zero-order valence-electron chi connectivity index (χ0n) is 20.0. The van der Waals surface area contributed by atoms with Crippen LogP contribution < -0.4 is 15.6 Å². The van der Waals surface area contributed by atoms with Gasteiger partial charge in [0.1, 0.15) is 46.8 Å². The predicted octanol–water partition coefficient (Wildman–Crippen LogP) is 5.37. The highest BCUT2D eigenvalue weighted by Crippen LogP contribution is 2.33. The smallest absolute Gasteiger partial charge is 0.274 e. The minimum absolute atomic E-state index is 0.0615. The summed E-state index contributed by atoms with van der Waals surface area (Å²) in [7, 11) is 0. The third-order valence-electron chi connectivity index (χ3n) is 5.45. The molecule has 2 heterocycles. The van der Waals surface area contributed by atoms with Gasteiger partial charge in [0.2, 0.25) is 5.91 Å². The summed E-state index contributed by atoms with van der Waals surface area (Å²) in [4.78, 5) is 39.8. The molecule has 4 rings (SSSR count). The predicted molar refractivity (Wildman–Crippen MR) is 138 cm³/mol. The molecule has 0 atom stereocenters. The SMILES string of the molecule is O=C/C=C/CCCC(=O)Nc1cccn(Cc2nc3cc(F)cc(OCc4ccc(F)cc4F)c3s2)c1=O. The lowest BCUT2D eigenvalue weighted by atomic mass is 10.2. The number of fused-ring (bicyclic) bond motifs is 1. The van der Waals surface area contributed by atoms with Crippen LogP contribution in [0.5, 0.6) is 5.75 Å². The summed E-state index contributed by atoms with van der Waals surface area (Å²) in [5.74, 6) is -2.27. The number of pyridine rings is 1. The third kappa shape index (κ3) is 6.74. The van der Waals surface area contributed by atoms with Crippen LogP contribution in [-0.2, 0) is 22.7 Å². The van der Waals surface area contributed by atoms with Crippen molar-refractivity contribution in [2.45, 2.75) is 32.4 Å². The van der Waals surface area contributed by atoms with Crippen molar-refractivity contribution in [2.75, 3.05) is 5.32 Å². The van der Waals surface area contributed by atoms with Gasteiger partial charge in [-0.1, -0.05) is 6.08 Å². The Morgan fingerprint density at radius 2 is 1.97 bits per heavy atom. The molecular weight excluding hydrogens is 519 g/mol. The van der Waals surface area contributed by atoms with Crippen molar-refractivity contribution in [3.63, 3.8) is 0 Å². The van der Waals surface area contributed by atoms with E-state index in [2.05, 4.69) is 10.3 Å². The van der Waals surface area contributed by atoms with Crippen molar-refractivity contribution in [1.82, 2.24) is 9.55 Å². The fraction of sp³-hybridized carbons (Fsp3) is 0.185. The molecule has 2 aromatic heterocycles. The molecule has 0 saturated heterocycles. The maximum Gasteiger partial charge on any atom is 0.274 e. The van der Waals surface area contributed by atoms with Gasteiger partial charge in [-0.05, 0) is 43.2 Å². The quantitative estimate of drug-likeness (QED) is 0.157. The minimum Gasteiger partial charge on any atom is -0.487 e. The highest BCUT2D eigenvalue weighted by atomic mass is 32.1. The molecule has 0 fully saturated rings. The van der Waals surface area contributed by atoms with Gasteiger partial charge in [-0.15, -0.1) is 11.3 Å². The van der Waals surface area contributed by atoms with Gasteiger partial charge in [0.25, 0.3) is 5.56 Å². The summed E-state index contributed by atoms with van der Waals surface area (Å²) in [5, 5.41) is 3.09. The average Bonchev–Trinajstić information content (AvgIpc) is 3.28. The number of aldehydes is 1. The molecule has 0 aliphatic heterocycles. The highest BCUT2D eigenvalue weighted by Gasteiger charge is 2.15. The van der Waals surface area contributed by atoms with Gasteiger partial charge >= 0.3 is 0 Å². The van der Waals surface area contributed by atoms with Crippen LogP contribution in [0, 0.1) is 17.5 Å². The Kier molecular flexibility index (Phi) is 8.70. The fourth-order valence-corrected chi connectivity index (χ4v) is 4.64. The number of hydrogen-bond acceptors (Lipinski definition) is 6. The van der Waals surface area contributed by atoms with E-state index in [-0.39, 0.29) is 42.5 Å². The van der Waals surface area contributed by atoms with Crippen molar-refractivity contribution in [3.05, 3.63) is 99.2 Å². The van der Waals surface area contributed by atoms with E-state index in [1.165, 1.54) is 40.2 Å². The second kappa shape index (κ2) is 12.3. The molecule has 0 saturated carbocycles. The van der Waals surface area contributed by atoms with Gasteiger partial charge in [0, 0.05) is 36.4 Å². The number of amides is 1. The second-order valence-corrected chi connectivity index (χ2v) is 9.33. The first-order chi connectivity index (χ1) is 18.3. The molecule has 0 bridgehead atoms. The molecule has 2 aromatic carbocycles. The summed E-state index contributed by atoms with van der Waals surface area (Å²) < 4.78 is 48.9. The molecule has 1 N–H and O–H groups in total. The van der Waals surface area contributed by atoms with E-state index >= 15 is 0 Å². The number of rotatable bonds is 11. The highest BCUT2D eigenvalue weighted by molar-refractivity contribution is 7.19. The number of thiazole rings is 1. The summed E-state index contributed by atoms with van der Waals surface area (Å²) in [6, 6.07) is 8.59. The van der Waals surface area contributed by atoms with E-state index < -0.39 is 23.0 Å². The number of aromatic nitrogens is 2. The molecular formula is C27H22F3N3O4S. The number of hydrogen-bond donors (Lipinski definition) is 1. The largest absolute Gasteiger partial charge is 0.487 e. The van der Waals surface area contributed by atoms with Crippen molar-refractivity contribution in [2.24, 2.45) is 0 Å². The zero-order valence-corrected chi connectivity index (χ0v) is 20.8. The third-order valence-corrected chi connectivity index (χ3v) is 6.52. The molecule has 1 amide bonds. The van der Waals surface area contributed by atoms with Gasteiger partial charge in [-0.2, -0.15) is 0 Å². The molecule has 0 aliphatic carbocycles. The van der Waals surface area contributed by atoms with Crippen molar-refractivity contribution in [3.8, 4) is 5.75 Å². The Morgan fingerprint density at radius 1 is 1.13 bits per heavy atom. The van der Waals surface area contributed by atoms with Crippen LogP contribution in [-0.4, -0.2) is 21.7 Å². The van der Waals surface area contributed by atoms with Crippen molar-refractivity contribution < 1.29 is 27.5 Å². The van der Waals surface area contributed by atoms with Gasteiger partial charge in [0.05, 0.1) is 16.8 Å². The molecule has 7 nitrogen and oxygen atoms in total. The topological polar surface area (TPSA) is 90.3 Å². The molecule has 196 valence electrons. The van der Waals surface area contributed by atoms with Gasteiger partial charge in [-0.25, -0.2) is 18.2 Å². The number of ether oxygens (including phenoxy) is 1. The number of carbonyl (C=O) groups is 2. The van der Waals surface area contributed by atoms with Crippen LogP contribution in [0.15, 0.2) is 65.6 Å².